The van der Waals surface area contributed by atoms with Crippen LogP contribution in [0.4, 0.5) is 5.82 Å². The van der Waals surface area contributed by atoms with Crippen molar-refractivity contribution >= 4 is 34.5 Å². The summed E-state index contributed by atoms with van der Waals surface area (Å²) in [7, 11) is 0. The summed E-state index contributed by atoms with van der Waals surface area (Å²) >= 11 is 1.38. The van der Waals surface area contributed by atoms with Crippen molar-refractivity contribution in [2.75, 3.05) is 11.1 Å². The van der Waals surface area contributed by atoms with Gasteiger partial charge in [-0.05, 0) is 35.7 Å². The second-order valence-electron chi connectivity index (χ2n) is 7.93. The molecule has 9 heteroatoms. The van der Waals surface area contributed by atoms with Gasteiger partial charge in [0.05, 0.1) is 16.8 Å². The predicted octanol–water partition coefficient (Wildman–Crippen LogP) is 4.99. The summed E-state index contributed by atoms with van der Waals surface area (Å²) in [5, 5.41) is 10.7. The number of benzene rings is 2. The number of anilines is 1. The van der Waals surface area contributed by atoms with E-state index < -0.39 is 0 Å². The predicted molar refractivity (Wildman–Crippen MR) is 131 cm³/mol. The number of imidazole rings is 2. The second-order valence-corrected chi connectivity index (χ2v) is 8.87. The van der Waals surface area contributed by atoms with E-state index in [0.717, 1.165) is 21.9 Å². The molecule has 3 heterocycles. The van der Waals surface area contributed by atoms with Crippen molar-refractivity contribution in [3.8, 4) is 17.2 Å². The van der Waals surface area contributed by atoms with Gasteiger partial charge in [0.15, 0.2) is 16.8 Å². The van der Waals surface area contributed by atoms with Crippen LogP contribution in [-0.4, -0.2) is 41.4 Å². The van der Waals surface area contributed by atoms with Gasteiger partial charge in [0.25, 0.3) is 0 Å². The van der Waals surface area contributed by atoms with Crippen molar-refractivity contribution < 1.29 is 4.79 Å². The topological polar surface area (TPSA) is 104 Å². The minimum atomic E-state index is -0.160. The third kappa shape index (κ3) is 4.54. The van der Waals surface area contributed by atoms with Crippen molar-refractivity contribution in [1.82, 2.24) is 29.7 Å². The zero-order chi connectivity index (χ0) is 22.8. The highest BCUT2D eigenvalue weighted by atomic mass is 32.2. The molecule has 0 radical (unpaired) electrons. The Labute approximate surface area is 194 Å². The summed E-state index contributed by atoms with van der Waals surface area (Å²) in [5.41, 5.74) is 4.82. The minimum Gasteiger partial charge on any atom is -0.337 e. The van der Waals surface area contributed by atoms with E-state index in [9.17, 15) is 4.79 Å². The molecule has 166 valence electrons. The number of nitrogens with zero attached hydrogens (tertiary/aromatic N) is 4. The number of hydrogen-bond donors (Lipinski definition) is 3. The smallest absolute Gasteiger partial charge is 0.236 e. The number of hydrogen-bond acceptors (Lipinski definition) is 5. The molecule has 0 fully saturated rings. The molecule has 0 saturated carbocycles. The van der Waals surface area contributed by atoms with Crippen LogP contribution in [0.2, 0.25) is 0 Å². The number of rotatable bonds is 7. The third-order valence-electron chi connectivity index (χ3n) is 5.27. The fourth-order valence-electron chi connectivity index (χ4n) is 3.51. The molecule has 0 saturated heterocycles. The number of H-pyrrole nitrogens is 2. The van der Waals surface area contributed by atoms with Crippen molar-refractivity contribution in [1.29, 1.82) is 0 Å². The Kier molecular flexibility index (Phi) is 5.70. The van der Waals surface area contributed by atoms with Gasteiger partial charge in [-0.15, -0.1) is 0 Å². The molecule has 8 nitrogen and oxygen atoms in total. The van der Waals surface area contributed by atoms with Crippen LogP contribution in [0.25, 0.3) is 28.2 Å². The first-order chi connectivity index (χ1) is 16.1. The van der Waals surface area contributed by atoms with Crippen LogP contribution in [0.15, 0.2) is 72.1 Å². The van der Waals surface area contributed by atoms with Crippen molar-refractivity contribution in [3.05, 3.63) is 72.6 Å². The van der Waals surface area contributed by atoms with Crippen LogP contribution >= 0.6 is 11.8 Å². The van der Waals surface area contributed by atoms with Crippen LogP contribution in [-0.2, 0) is 4.79 Å². The molecule has 0 bridgehead atoms. The lowest BCUT2D eigenvalue weighted by Gasteiger charge is -2.10. The number of carbonyl (C=O) groups excluding carboxylic acids is 1. The zero-order valence-electron chi connectivity index (χ0n) is 18.2. The Bertz CT molecular complexity index is 1360. The van der Waals surface area contributed by atoms with E-state index in [1.807, 2.05) is 35.0 Å². The molecule has 5 rings (SSSR count). The summed E-state index contributed by atoms with van der Waals surface area (Å²) in [6.45, 7) is 4.34. The molecule has 0 aliphatic carbocycles. The molecule has 5 aromatic rings. The number of nitrogens with one attached hydrogen (secondary N) is 3. The highest BCUT2D eigenvalue weighted by Crippen LogP contribution is 2.24. The number of carbonyl (C=O) groups is 1. The largest absolute Gasteiger partial charge is 0.337 e. The van der Waals surface area contributed by atoms with E-state index in [2.05, 4.69) is 68.6 Å². The first-order valence-corrected chi connectivity index (χ1v) is 11.6. The SMILES string of the molecule is CC(C)c1ccc(-n2ccnc2SCC(=O)Nc2cc(-c3nc4ccccc4[nH]3)[nH]n2)cc1. The van der Waals surface area contributed by atoms with Gasteiger partial charge in [-0.1, -0.05) is 49.9 Å². The number of fused-ring (bicyclic) bond motifs is 1. The van der Waals surface area contributed by atoms with E-state index in [-0.39, 0.29) is 11.7 Å². The van der Waals surface area contributed by atoms with Crippen molar-refractivity contribution in [2.45, 2.75) is 24.9 Å². The molecule has 0 spiro atoms. The average Bonchev–Trinajstić information content (AvgIpc) is 3.56. The maximum Gasteiger partial charge on any atom is 0.236 e. The van der Waals surface area contributed by atoms with E-state index in [1.54, 1.807) is 12.3 Å². The van der Waals surface area contributed by atoms with Crippen molar-refractivity contribution in [3.63, 3.8) is 0 Å². The monoisotopic (exact) mass is 457 g/mol. The molecule has 3 aromatic heterocycles. The third-order valence-corrected chi connectivity index (χ3v) is 6.23. The maximum atomic E-state index is 12.5. The highest BCUT2D eigenvalue weighted by Gasteiger charge is 2.13. The Morgan fingerprint density at radius 2 is 1.97 bits per heavy atom. The molecule has 33 heavy (non-hydrogen) atoms. The highest BCUT2D eigenvalue weighted by molar-refractivity contribution is 7.99. The molecule has 2 aromatic carbocycles. The summed E-state index contributed by atoms with van der Waals surface area (Å²) in [6.07, 6.45) is 3.64. The summed E-state index contributed by atoms with van der Waals surface area (Å²) in [6, 6.07) is 17.9. The van der Waals surface area contributed by atoms with Crippen molar-refractivity contribution in [2.24, 2.45) is 0 Å². The van der Waals surface area contributed by atoms with Gasteiger partial charge in [-0.25, -0.2) is 9.97 Å². The molecule has 0 aliphatic heterocycles. The van der Waals surface area contributed by atoms with Crippen LogP contribution < -0.4 is 5.32 Å². The number of aromatic amines is 2. The Hall–Kier alpha value is -3.85. The Balaban J connectivity index is 1.22. The number of thioether (sulfide) groups is 1. The standard InChI is InChI=1S/C24H23N7OS/c1-15(2)16-7-9-17(10-8-16)31-12-11-25-24(31)33-14-22(32)28-21-13-20(29-30-21)23-26-18-5-3-4-6-19(18)27-23/h3-13,15H,14H2,1-2H3,(H,26,27)(H2,28,29,30,32). The quantitative estimate of drug-likeness (QED) is 0.299. The molecule has 3 N–H and O–H groups in total. The van der Waals surface area contributed by atoms with Gasteiger partial charge in [-0.3, -0.25) is 14.5 Å². The fraction of sp³-hybridized carbons (Fsp3) is 0.167. The van der Waals surface area contributed by atoms with E-state index in [4.69, 9.17) is 0 Å². The minimum absolute atomic E-state index is 0.160. The van der Waals surface area contributed by atoms with Gasteiger partial charge in [0.2, 0.25) is 5.91 Å². The molecule has 1 amide bonds. The lowest BCUT2D eigenvalue weighted by atomic mass is 10.0. The summed E-state index contributed by atoms with van der Waals surface area (Å²) in [4.78, 5) is 24.7. The van der Waals surface area contributed by atoms with Gasteiger partial charge in [0.1, 0.15) is 5.69 Å². The molecule has 0 atom stereocenters. The maximum absolute atomic E-state index is 12.5. The zero-order valence-corrected chi connectivity index (χ0v) is 19.1. The summed E-state index contributed by atoms with van der Waals surface area (Å²) < 4.78 is 1.98. The van der Waals surface area contributed by atoms with Gasteiger partial charge in [0, 0.05) is 24.1 Å². The number of amides is 1. The lowest BCUT2D eigenvalue weighted by Crippen LogP contribution is -2.14. The summed E-state index contributed by atoms with van der Waals surface area (Å²) in [5.74, 6) is 1.65. The Morgan fingerprint density at radius 1 is 1.15 bits per heavy atom. The lowest BCUT2D eigenvalue weighted by molar-refractivity contribution is -0.113. The Morgan fingerprint density at radius 3 is 2.76 bits per heavy atom. The molecular weight excluding hydrogens is 434 g/mol. The van der Waals surface area contributed by atoms with Crippen LogP contribution in [0.5, 0.6) is 0 Å². The first kappa shape index (κ1) is 21.0. The number of para-hydroxylation sites is 2. The second kappa shape index (κ2) is 8.95. The fourth-order valence-corrected chi connectivity index (χ4v) is 4.28. The number of aromatic nitrogens is 6. The first-order valence-electron chi connectivity index (χ1n) is 10.6. The molecule has 0 unspecified atom stereocenters. The molecule has 0 aliphatic rings. The van der Waals surface area contributed by atoms with Gasteiger partial charge < -0.3 is 10.3 Å². The van der Waals surface area contributed by atoms with Crippen LogP contribution in [0.1, 0.15) is 25.3 Å². The van der Waals surface area contributed by atoms with E-state index in [0.29, 0.717) is 23.3 Å². The normalized spacial score (nSPS) is 11.4. The van der Waals surface area contributed by atoms with Crippen LogP contribution in [0.3, 0.4) is 0 Å². The molecular formula is C24H23N7OS. The van der Waals surface area contributed by atoms with Gasteiger partial charge >= 0.3 is 0 Å². The van der Waals surface area contributed by atoms with E-state index in [1.165, 1.54) is 17.3 Å². The van der Waals surface area contributed by atoms with Gasteiger partial charge in [-0.2, -0.15) is 5.10 Å². The van der Waals surface area contributed by atoms with E-state index >= 15 is 0 Å². The van der Waals surface area contributed by atoms with Crippen LogP contribution in [0, 0.1) is 0 Å². The average molecular weight is 458 g/mol.